The largest absolute Gasteiger partial charge is 0.380 e. The maximum Gasteiger partial charge on any atom is 0.252 e. The summed E-state index contributed by atoms with van der Waals surface area (Å²) in [5.74, 6) is 5.54. The van der Waals surface area contributed by atoms with Gasteiger partial charge in [-0.05, 0) is 26.0 Å². The van der Waals surface area contributed by atoms with Crippen LogP contribution in [0.15, 0.2) is 18.2 Å². The van der Waals surface area contributed by atoms with Crippen LogP contribution in [0.5, 0.6) is 0 Å². The van der Waals surface area contributed by atoms with E-state index in [-0.39, 0.29) is 18.6 Å². The van der Waals surface area contributed by atoms with Crippen molar-refractivity contribution in [3.63, 3.8) is 0 Å². The Labute approximate surface area is 114 Å². The van der Waals surface area contributed by atoms with E-state index in [0.717, 1.165) is 5.56 Å². The molecule has 1 unspecified atom stereocenters. The molecule has 19 heavy (non-hydrogen) atoms. The summed E-state index contributed by atoms with van der Waals surface area (Å²) in [6.45, 7) is 4.57. The molecule has 102 valence electrons. The van der Waals surface area contributed by atoms with Gasteiger partial charge in [0.15, 0.2) is 0 Å². The van der Waals surface area contributed by atoms with Crippen LogP contribution in [0.1, 0.15) is 28.4 Å². The van der Waals surface area contributed by atoms with Gasteiger partial charge in [-0.25, -0.2) is 0 Å². The fourth-order valence-electron chi connectivity index (χ4n) is 1.52. The van der Waals surface area contributed by atoms with E-state index < -0.39 is 0 Å². The molecule has 1 amide bonds. The third-order valence-corrected chi connectivity index (χ3v) is 2.70. The predicted octanol–water partition coefficient (Wildman–Crippen LogP) is 1.07. The first-order chi connectivity index (χ1) is 9.08. The van der Waals surface area contributed by atoms with Crippen molar-refractivity contribution in [1.82, 2.24) is 5.32 Å². The summed E-state index contributed by atoms with van der Waals surface area (Å²) in [6.07, 6.45) is -0.0210. The molecule has 0 aliphatic rings. The standard InChI is InChI=1S/C15H20N2O2/c1-11-6-7-13(5-4-8-16)14(9-11)15(18)17-10-12(2)19-3/h6-7,9,12H,8,10,16H2,1-3H3,(H,17,18). The second-order valence-corrected chi connectivity index (χ2v) is 4.31. The van der Waals surface area contributed by atoms with Gasteiger partial charge in [0, 0.05) is 19.2 Å². The summed E-state index contributed by atoms with van der Waals surface area (Å²) < 4.78 is 5.10. The van der Waals surface area contributed by atoms with Gasteiger partial charge in [0.1, 0.15) is 0 Å². The molecule has 0 saturated carbocycles. The van der Waals surface area contributed by atoms with Crippen molar-refractivity contribution in [3.05, 3.63) is 34.9 Å². The Kier molecular flexibility index (Phi) is 6.07. The molecule has 4 heteroatoms. The number of carbonyl (C=O) groups is 1. The van der Waals surface area contributed by atoms with Crippen molar-refractivity contribution in [2.45, 2.75) is 20.0 Å². The average Bonchev–Trinajstić information content (AvgIpc) is 2.42. The lowest BCUT2D eigenvalue weighted by Crippen LogP contribution is -2.32. The molecule has 0 aromatic heterocycles. The second kappa shape index (κ2) is 7.57. The van der Waals surface area contributed by atoms with Crippen LogP contribution in [-0.2, 0) is 4.74 Å². The number of ether oxygens (including phenoxy) is 1. The maximum atomic E-state index is 12.1. The smallest absolute Gasteiger partial charge is 0.252 e. The molecule has 1 rings (SSSR count). The van der Waals surface area contributed by atoms with Crippen LogP contribution in [-0.4, -0.2) is 32.2 Å². The molecule has 0 fully saturated rings. The lowest BCUT2D eigenvalue weighted by atomic mass is 10.0. The molecule has 0 spiro atoms. The van der Waals surface area contributed by atoms with Crippen molar-refractivity contribution in [2.24, 2.45) is 5.73 Å². The molecule has 0 aliphatic carbocycles. The Bertz CT molecular complexity index is 501. The lowest BCUT2D eigenvalue weighted by molar-refractivity contribution is 0.0870. The zero-order valence-electron chi connectivity index (χ0n) is 11.6. The molecule has 0 bridgehead atoms. The summed E-state index contributed by atoms with van der Waals surface area (Å²) in [5, 5.41) is 2.83. The molecule has 0 aliphatic heterocycles. The normalized spacial score (nSPS) is 11.4. The van der Waals surface area contributed by atoms with Gasteiger partial charge < -0.3 is 15.8 Å². The zero-order chi connectivity index (χ0) is 14.3. The quantitative estimate of drug-likeness (QED) is 0.796. The fourth-order valence-corrected chi connectivity index (χ4v) is 1.52. The van der Waals surface area contributed by atoms with E-state index in [2.05, 4.69) is 17.2 Å². The molecule has 1 aromatic carbocycles. The van der Waals surface area contributed by atoms with E-state index in [4.69, 9.17) is 10.5 Å². The fraction of sp³-hybridized carbons (Fsp3) is 0.400. The Morgan fingerprint density at radius 1 is 1.53 bits per heavy atom. The monoisotopic (exact) mass is 260 g/mol. The molecule has 4 nitrogen and oxygen atoms in total. The molecule has 3 N–H and O–H groups in total. The average molecular weight is 260 g/mol. The predicted molar refractivity (Wildman–Crippen MR) is 75.9 cm³/mol. The van der Waals surface area contributed by atoms with Crippen molar-refractivity contribution >= 4 is 5.91 Å². The number of hydrogen-bond acceptors (Lipinski definition) is 3. The van der Waals surface area contributed by atoms with Crippen LogP contribution in [0, 0.1) is 18.8 Å². The number of nitrogens with two attached hydrogens (primary N) is 1. The van der Waals surface area contributed by atoms with E-state index in [1.807, 2.05) is 32.0 Å². The molecule has 0 heterocycles. The van der Waals surface area contributed by atoms with Crippen molar-refractivity contribution < 1.29 is 9.53 Å². The highest BCUT2D eigenvalue weighted by molar-refractivity contribution is 5.97. The highest BCUT2D eigenvalue weighted by atomic mass is 16.5. The Morgan fingerprint density at radius 3 is 2.89 bits per heavy atom. The Hall–Kier alpha value is -1.83. The van der Waals surface area contributed by atoms with Crippen LogP contribution in [0.25, 0.3) is 0 Å². The molecule has 1 aromatic rings. The summed E-state index contributed by atoms with van der Waals surface area (Å²) in [7, 11) is 1.61. The van der Waals surface area contributed by atoms with Gasteiger partial charge >= 0.3 is 0 Å². The minimum atomic E-state index is -0.145. The van der Waals surface area contributed by atoms with Crippen molar-refractivity contribution in [1.29, 1.82) is 0 Å². The number of amides is 1. The van der Waals surface area contributed by atoms with E-state index in [1.54, 1.807) is 7.11 Å². The van der Waals surface area contributed by atoms with Gasteiger partial charge in [0.05, 0.1) is 18.2 Å². The first kappa shape index (κ1) is 15.2. The van der Waals surface area contributed by atoms with Gasteiger partial charge in [-0.15, -0.1) is 0 Å². The third kappa shape index (κ3) is 4.74. The van der Waals surface area contributed by atoms with Crippen molar-refractivity contribution in [3.8, 4) is 11.8 Å². The molecule has 1 atom stereocenters. The highest BCUT2D eigenvalue weighted by Crippen LogP contribution is 2.11. The summed E-state index contributed by atoms with van der Waals surface area (Å²) >= 11 is 0. The molecule has 0 radical (unpaired) electrons. The summed E-state index contributed by atoms with van der Waals surface area (Å²) in [6, 6.07) is 5.59. The topological polar surface area (TPSA) is 64.3 Å². The summed E-state index contributed by atoms with van der Waals surface area (Å²) in [5.41, 5.74) is 7.64. The first-order valence-electron chi connectivity index (χ1n) is 6.19. The van der Waals surface area contributed by atoms with Gasteiger partial charge in [0.2, 0.25) is 0 Å². The molecular weight excluding hydrogens is 240 g/mol. The zero-order valence-corrected chi connectivity index (χ0v) is 11.6. The number of nitrogens with one attached hydrogen (secondary N) is 1. The van der Waals surface area contributed by atoms with Crippen LogP contribution in [0.2, 0.25) is 0 Å². The number of rotatable bonds is 4. The van der Waals surface area contributed by atoms with Gasteiger partial charge in [0.25, 0.3) is 5.91 Å². The maximum absolute atomic E-state index is 12.1. The lowest BCUT2D eigenvalue weighted by Gasteiger charge is -2.12. The third-order valence-electron chi connectivity index (χ3n) is 2.70. The highest BCUT2D eigenvalue weighted by Gasteiger charge is 2.11. The van der Waals surface area contributed by atoms with Gasteiger partial charge in [-0.3, -0.25) is 4.79 Å². The number of carbonyl (C=O) groups excluding carboxylic acids is 1. The SMILES string of the molecule is COC(C)CNC(=O)c1cc(C)ccc1C#CCN. The Balaban J connectivity index is 2.90. The van der Waals surface area contributed by atoms with E-state index >= 15 is 0 Å². The molecular formula is C15H20N2O2. The second-order valence-electron chi connectivity index (χ2n) is 4.31. The minimum Gasteiger partial charge on any atom is -0.380 e. The van der Waals surface area contributed by atoms with Crippen molar-refractivity contribution in [2.75, 3.05) is 20.2 Å². The van der Waals surface area contributed by atoms with E-state index in [9.17, 15) is 4.79 Å². The van der Waals surface area contributed by atoms with Crippen LogP contribution in [0.3, 0.4) is 0 Å². The van der Waals surface area contributed by atoms with E-state index in [1.165, 1.54) is 0 Å². The van der Waals surface area contributed by atoms with Crippen LogP contribution in [0.4, 0.5) is 0 Å². The van der Waals surface area contributed by atoms with Crippen LogP contribution >= 0.6 is 0 Å². The number of aryl methyl sites for hydroxylation is 1. The number of methoxy groups -OCH3 is 1. The number of benzene rings is 1. The molecule has 0 saturated heterocycles. The first-order valence-corrected chi connectivity index (χ1v) is 6.19. The Morgan fingerprint density at radius 2 is 2.26 bits per heavy atom. The van der Waals surface area contributed by atoms with Gasteiger partial charge in [-0.1, -0.05) is 23.5 Å². The van der Waals surface area contributed by atoms with Gasteiger partial charge in [-0.2, -0.15) is 0 Å². The summed E-state index contributed by atoms with van der Waals surface area (Å²) in [4.78, 5) is 12.1. The van der Waals surface area contributed by atoms with Crippen LogP contribution < -0.4 is 11.1 Å². The minimum absolute atomic E-state index is 0.0210. The van der Waals surface area contributed by atoms with E-state index in [0.29, 0.717) is 17.7 Å². The number of hydrogen-bond donors (Lipinski definition) is 2.